The molecule has 0 heterocycles. The largest absolute Gasteiger partial charge is 0.310 e. The van der Waals surface area contributed by atoms with E-state index in [1.165, 1.54) is 6.07 Å². The van der Waals surface area contributed by atoms with E-state index in [0.29, 0.717) is 5.92 Å². The molecule has 0 saturated heterocycles. The lowest BCUT2D eigenvalue weighted by atomic mass is 9.94. The van der Waals surface area contributed by atoms with Gasteiger partial charge in [-0.2, -0.15) is 0 Å². The van der Waals surface area contributed by atoms with E-state index in [1.807, 2.05) is 0 Å². The maximum atomic E-state index is 13.6. The van der Waals surface area contributed by atoms with Crippen LogP contribution in [-0.2, 0) is 0 Å². The first kappa shape index (κ1) is 16.6. The van der Waals surface area contributed by atoms with Crippen LogP contribution in [0.3, 0.4) is 0 Å². The molecule has 0 aliphatic rings. The molecule has 0 spiro atoms. The topological polar surface area (TPSA) is 12.0 Å². The number of nitrogens with one attached hydrogen (secondary N) is 1. The van der Waals surface area contributed by atoms with Gasteiger partial charge in [0.05, 0.1) is 4.47 Å². The number of rotatable bonds is 7. The van der Waals surface area contributed by atoms with E-state index < -0.39 is 11.6 Å². The molecule has 0 amide bonds. The predicted molar refractivity (Wildman–Crippen MR) is 79.2 cm³/mol. The zero-order valence-electron chi connectivity index (χ0n) is 11.8. The lowest BCUT2D eigenvalue weighted by molar-refractivity contribution is 0.398. The molecule has 2 atom stereocenters. The molecular weight excluding hydrogens is 312 g/mol. The summed E-state index contributed by atoms with van der Waals surface area (Å²) in [6.45, 7) is 7.27. The first-order chi connectivity index (χ1) is 9.01. The lowest BCUT2D eigenvalue weighted by Crippen LogP contribution is -2.24. The molecule has 0 bridgehead atoms. The summed E-state index contributed by atoms with van der Waals surface area (Å²) in [6, 6.07) is 2.92. The van der Waals surface area contributed by atoms with Crippen LogP contribution < -0.4 is 5.32 Å². The maximum Gasteiger partial charge on any atom is 0.173 e. The molecule has 1 N–H and O–H groups in total. The van der Waals surface area contributed by atoms with Crippen LogP contribution in [-0.4, -0.2) is 6.54 Å². The summed E-state index contributed by atoms with van der Waals surface area (Å²) in [4.78, 5) is 0. The summed E-state index contributed by atoms with van der Waals surface area (Å²) in [5.41, 5.74) is 0.799. The summed E-state index contributed by atoms with van der Waals surface area (Å²) in [6.07, 6.45) is 3.00. The Morgan fingerprint density at radius 3 is 2.53 bits per heavy atom. The monoisotopic (exact) mass is 333 g/mol. The number of hydrogen-bond acceptors (Lipinski definition) is 1. The van der Waals surface area contributed by atoms with Crippen molar-refractivity contribution in [2.24, 2.45) is 5.92 Å². The van der Waals surface area contributed by atoms with Gasteiger partial charge in [-0.05, 0) is 52.9 Å². The average Bonchev–Trinajstić information content (AvgIpc) is 2.41. The number of hydrogen-bond donors (Lipinski definition) is 1. The molecule has 2 unspecified atom stereocenters. The standard InChI is InChI=1S/C15H22BrF2N/c1-4-8-19-13(9-10(3)5-2)11-6-7-12(17)15(18)14(11)16/h6-7,10,13,19H,4-5,8-9H2,1-3H3. The van der Waals surface area contributed by atoms with Crippen LogP contribution in [0.25, 0.3) is 0 Å². The fraction of sp³-hybridized carbons (Fsp3) is 0.600. The molecule has 0 fully saturated rings. The minimum absolute atomic E-state index is 0.0550. The smallest absolute Gasteiger partial charge is 0.173 e. The van der Waals surface area contributed by atoms with Crippen molar-refractivity contribution in [3.8, 4) is 0 Å². The van der Waals surface area contributed by atoms with Gasteiger partial charge in [-0.3, -0.25) is 0 Å². The Morgan fingerprint density at radius 2 is 1.95 bits per heavy atom. The van der Waals surface area contributed by atoms with Gasteiger partial charge >= 0.3 is 0 Å². The van der Waals surface area contributed by atoms with Gasteiger partial charge in [-0.15, -0.1) is 0 Å². The van der Waals surface area contributed by atoms with Crippen LogP contribution in [0.15, 0.2) is 16.6 Å². The van der Waals surface area contributed by atoms with E-state index in [0.717, 1.165) is 31.4 Å². The van der Waals surface area contributed by atoms with Gasteiger partial charge in [0.25, 0.3) is 0 Å². The van der Waals surface area contributed by atoms with Crippen LogP contribution >= 0.6 is 15.9 Å². The van der Waals surface area contributed by atoms with E-state index in [-0.39, 0.29) is 10.5 Å². The highest BCUT2D eigenvalue weighted by Gasteiger charge is 2.20. The fourth-order valence-corrected chi connectivity index (χ4v) is 2.62. The number of benzene rings is 1. The zero-order chi connectivity index (χ0) is 14.4. The Hall–Kier alpha value is -0.480. The van der Waals surface area contributed by atoms with Crippen molar-refractivity contribution in [2.45, 2.75) is 46.1 Å². The molecule has 0 saturated carbocycles. The third kappa shape index (κ3) is 4.53. The minimum atomic E-state index is -0.812. The quantitative estimate of drug-likeness (QED) is 0.676. The summed E-state index contributed by atoms with van der Waals surface area (Å²) in [7, 11) is 0. The fourth-order valence-electron chi connectivity index (χ4n) is 2.02. The molecule has 1 nitrogen and oxygen atoms in total. The van der Waals surface area contributed by atoms with Gasteiger partial charge in [-0.25, -0.2) is 8.78 Å². The van der Waals surface area contributed by atoms with E-state index in [1.54, 1.807) is 6.07 Å². The van der Waals surface area contributed by atoms with E-state index >= 15 is 0 Å². The second-order valence-corrected chi connectivity index (χ2v) is 5.81. The van der Waals surface area contributed by atoms with Gasteiger partial charge in [0.1, 0.15) is 0 Å². The van der Waals surface area contributed by atoms with Crippen molar-refractivity contribution in [3.63, 3.8) is 0 Å². The van der Waals surface area contributed by atoms with Crippen LogP contribution in [0.1, 0.15) is 51.6 Å². The normalized spacial score (nSPS) is 14.4. The van der Waals surface area contributed by atoms with Gasteiger partial charge in [0, 0.05) is 6.04 Å². The van der Waals surface area contributed by atoms with Crippen molar-refractivity contribution >= 4 is 15.9 Å². The predicted octanol–water partition coefficient (Wildman–Crippen LogP) is 5.20. The van der Waals surface area contributed by atoms with Crippen molar-refractivity contribution < 1.29 is 8.78 Å². The van der Waals surface area contributed by atoms with Crippen LogP contribution in [0, 0.1) is 17.6 Å². The summed E-state index contributed by atoms with van der Waals surface area (Å²) in [5.74, 6) is -1.08. The first-order valence-corrected chi connectivity index (χ1v) is 7.67. The van der Waals surface area contributed by atoms with Crippen molar-refractivity contribution in [1.29, 1.82) is 0 Å². The molecule has 108 valence electrons. The third-order valence-corrected chi connectivity index (χ3v) is 4.22. The Morgan fingerprint density at radius 1 is 1.26 bits per heavy atom. The molecule has 0 aliphatic heterocycles. The van der Waals surface area contributed by atoms with E-state index in [2.05, 4.69) is 42.0 Å². The molecule has 1 rings (SSSR count). The Labute approximate surface area is 122 Å². The highest BCUT2D eigenvalue weighted by molar-refractivity contribution is 9.10. The van der Waals surface area contributed by atoms with Gasteiger partial charge in [-0.1, -0.05) is 33.3 Å². The summed E-state index contributed by atoms with van der Waals surface area (Å²) < 4.78 is 27.1. The van der Waals surface area contributed by atoms with E-state index in [4.69, 9.17) is 0 Å². The van der Waals surface area contributed by atoms with Gasteiger partial charge in [0.15, 0.2) is 11.6 Å². The number of halogens is 3. The van der Waals surface area contributed by atoms with Crippen LogP contribution in [0.4, 0.5) is 8.78 Å². The summed E-state index contributed by atoms with van der Waals surface area (Å²) in [5, 5.41) is 3.42. The first-order valence-electron chi connectivity index (χ1n) is 6.87. The van der Waals surface area contributed by atoms with Crippen LogP contribution in [0.5, 0.6) is 0 Å². The molecule has 1 aromatic carbocycles. The Balaban J connectivity index is 2.99. The molecule has 1 aromatic rings. The highest BCUT2D eigenvalue weighted by Crippen LogP contribution is 2.31. The third-order valence-electron chi connectivity index (χ3n) is 3.42. The van der Waals surface area contributed by atoms with E-state index in [9.17, 15) is 8.78 Å². The van der Waals surface area contributed by atoms with Crippen molar-refractivity contribution in [1.82, 2.24) is 5.32 Å². The maximum absolute atomic E-state index is 13.6. The van der Waals surface area contributed by atoms with Gasteiger partial charge < -0.3 is 5.32 Å². The zero-order valence-corrected chi connectivity index (χ0v) is 13.4. The molecule has 0 aliphatic carbocycles. The van der Waals surface area contributed by atoms with Crippen molar-refractivity contribution in [3.05, 3.63) is 33.8 Å². The highest BCUT2D eigenvalue weighted by atomic mass is 79.9. The Bertz CT molecular complexity index is 409. The molecule has 0 aromatic heterocycles. The van der Waals surface area contributed by atoms with Gasteiger partial charge in [0.2, 0.25) is 0 Å². The Kier molecular flexibility index (Phi) is 6.94. The van der Waals surface area contributed by atoms with Crippen LogP contribution in [0.2, 0.25) is 0 Å². The molecule has 0 radical (unpaired) electrons. The SMILES string of the molecule is CCCNC(CC(C)CC)c1ccc(F)c(F)c1Br. The van der Waals surface area contributed by atoms with Crippen molar-refractivity contribution in [2.75, 3.05) is 6.54 Å². The molecule has 19 heavy (non-hydrogen) atoms. The minimum Gasteiger partial charge on any atom is -0.310 e. The molecular formula is C15H22BrF2N. The second-order valence-electron chi connectivity index (χ2n) is 5.02. The lowest BCUT2D eigenvalue weighted by Gasteiger charge is -2.23. The second kappa shape index (κ2) is 7.95. The molecule has 4 heteroatoms. The average molecular weight is 334 g/mol. The summed E-state index contributed by atoms with van der Waals surface area (Å²) >= 11 is 3.18.